The van der Waals surface area contributed by atoms with Gasteiger partial charge in [-0.3, -0.25) is 0 Å². The molecule has 0 aliphatic heterocycles. The van der Waals surface area contributed by atoms with E-state index in [1.54, 1.807) is 0 Å². The Morgan fingerprint density at radius 1 is 1.40 bits per heavy atom. The first-order chi connectivity index (χ1) is 8.91. The third-order valence-corrected chi connectivity index (χ3v) is 6.08. The van der Waals surface area contributed by atoms with Crippen LogP contribution in [0.4, 0.5) is 13.2 Å². The normalized spacial score (nSPS) is 12.0. The summed E-state index contributed by atoms with van der Waals surface area (Å²) < 4.78 is 66.1. The predicted molar refractivity (Wildman–Crippen MR) is 81.7 cm³/mol. The van der Waals surface area contributed by atoms with Gasteiger partial charge in [0.05, 0.1) is 13.6 Å². The highest BCUT2D eigenvalue weighted by Crippen LogP contribution is 2.20. The van der Waals surface area contributed by atoms with Crippen molar-refractivity contribution in [2.45, 2.75) is 31.8 Å². The zero-order valence-corrected chi connectivity index (χ0v) is 15.7. The molecule has 118 valence electrons. The van der Waals surface area contributed by atoms with E-state index in [1.807, 2.05) is 0 Å². The Balaban J connectivity index is 0.000000396. The van der Waals surface area contributed by atoms with Crippen LogP contribution < -0.4 is 4.57 Å². The quantitative estimate of drug-likeness (QED) is 0.256. The molecule has 0 aromatic carbocycles. The Morgan fingerprint density at radius 3 is 2.10 bits per heavy atom. The van der Waals surface area contributed by atoms with E-state index in [0.717, 1.165) is 6.54 Å². The summed E-state index contributed by atoms with van der Waals surface area (Å²) in [5.74, 6) is 0. The van der Waals surface area contributed by atoms with Crippen molar-refractivity contribution in [3.63, 3.8) is 0 Å². The number of hydrogen-bond acceptors (Lipinski definition) is 3. The number of hydrogen-bond donors (Lipinski definition) is 0. The molecule has 0 atom stereocenters. The van der Waals surface area contributed by atoms with Gasteiger partial charge in [0.1, 0.15) is 0 Å². The molecule has 1 aromatic heterocycles. The van der Waals surface area contributed by atoms with E-state index in [4.69, 9.17) is 13.0 Å². The summed E-state index contributed by atoms with van der Waals surface area (Å²) in [6.45, 7) is 3.37. The van der Waals surface area contributed by atoms with Crippen molar-refractivity contribution < 1.29 is 30.7 Å². The second-order valence-corrected chi connectivity index (χ2v) is 7.17. The lowest BCUT2D eigenvalue weighted by molar-refractivity contribution is -0.683. The van der Waals surface area contributed by atoms with Crippen LogP contribution in [0.3, 0.4) is 0 Å². The summed E-state index contributed by atoms with van der Waals surface area (Å²) in [4.78, 5) is 0. The van der Waals surface area contributed by atoms with Crippen LogP contribution in [0.2, 0.25) is 0 Å². The number of unbranched alkanes of at least 4 members (excludes halogenated alkanes) is 1. The first-order valence-corrected chi connectivity index (χ1v) is 8.90. The third kappa shape index (κ3) is 6.43. The Bertz CT molecular complexity index is 543. The minimum atomic E-state index is -6.09. The van der Waals surface area contributed by atoms with Crippen LogP contribution in [0.1, 0.15) is 19.8 Å². The molecule has 0 unspecified atom stereocenters. The molecule has 0 aliphatic carbocycles. The van der Waals surface area contributed by atoms with Gasteiger partial charge in [0.2, 0.25) is 13.7 Å². The first kappa shape index (κ1) is 20.4. The zero-order valence-electron chi connectivity index (χ0n) is 10.6. The molecule has 0 N–H and O–H groups in total. The number of nitrogens with zero attached hydrogens (tertiary/aromatic N) is 2. The Kier molecular flexibility index (Phi) is 8.27. The number of alkyl halides is 3. The highest BCUT2D eigenvalue weighted by atomic mass is 127. The van der Waals surface area contributed by atoms with Crippen LogP contribution in [0.15, 0.2) is 6.33 Å². The standard InChI is InChI=1S/C8H13I2N2.CHF3O3S/c1-3-4-5-12-6-11(2)7(9)8(12)10;2-1(3,4)8(5,6)7/h6H,3-5H2,1-2H3;(H,5,6,7)/q+1;/p-1. The predicted octanol–water partition coefficient (Wildman–Crippen LogP) is 2.37. The van der Waals surface area contributed by atoms with E-state index in [2.05, 4.69) is 74.6 Å². The van der Waals surface area contributed by atoms with Crippen molar-refractivity contribution in [2.75, 3.05) is 0 Å². The number of rotatable bonds is 3. The number of imidazole rings is 1. The average Bonchev–Trinajstić information content (AvgIpc) is 2.52. The lowest BCUT2D eigenvalue weighted by Crippen LogP contribution is -2.28. The van der Waals surface area contributed by atoms with E-state index in [-0.39, 0.29) is 0 Å². The van der Waals surface area contributed by atoms with Gasteiger partial charge in [0.25, 0.3) is 0 Å². The molecule has 0 spiro atoms. The van der Waals surface area contributed by atoms with Gasteiger partial charge in [-0.25, -0.2) is 17.6 Å². The van der Waals surface area contributed by atoms with E-state index < -0.39 is 15.6 Å². The summed E-state index contributed by atoms with van der Waals surface area (Å²) >= 11 is 4.78. The summed E-state index contributed by atoms with van der Waals surface area (Å²) in [5.41, 5.74) is -5.65. The van der Waals surface area contributed by atoms with E-state index in [9.17, 15) is 13.2 Å². The fourth-order valence-electron chi connectivity index (χ4n) is 1.06. The molecule has 0 fully saturated rings. The molecule has 0 bridgehead atoms. The van der Waals surface area contributed by atoms with Crippen molar-refractivity contribution in [3.05, 3.63) is 13.7 Å². The summed E-state index contributed by atoms with van der Waals surface area (Å²) in [7, 11) is -4.00. The number of aryl methyl sites for hydroxylation is 2. The fourth-order valence-corrected chi connectivity index (χ4v) is 2.24. The van der Waals surface area contributed by atoms with Gasteiger partial charge in [-0.2, -0.15) is 13.2 Å². The second kappa shape index (κ2) is 8.12. The topological polar surface area (TPSA) is 66.0 Å². The van der Waals surface area contributed by atoms with Gasteiger partial charge in [-0.1, -0.05) is 13.3 Å². The second-order valence-electron chi connectivity index (χ2n) is 3.75. The van der Waals surface area contributed by atoms with Crippen LogP contribution in [-0.2, 0) is 23.7 Å². The van der Waals surface area contributed by atoms with Gasteiger partial charge in [0, 0.05) is 45.2 Å². The molecule has 5 nitrogen and oxygen atoms in total. The molecule has 0 radical (unpaired) electrons. The maximum absolute atomic E-state index is 10.7. The van der Waals surface area contributed by atoms with Gasteiger partial charge >= 0.3 is 5.51 Å². The molecular formula is C9H13F3I2N2O3S. The number of halogens is 5. The maximum Gasteiger partial charge on any atom is 0.485 e. The Labute approximate surface area is 142 Å². The minimum absolute atomic E-state index is 1.14. The largest absolute Gasteiger partial charge is 0.741 e. The lowest BCUT2D eigenvalue weighted by Gasteiger charge is -2.08. The van der Waals surface area contributed by atoms with Crippen molar-refractivity contribution in [1.82, 2.24) is 4.57 Å². The van der Waals surface area contributed by atoms with E-state index >= 15 is 0 Å². The van der Waals surface area contributed by atoms with Crippen LogP contribution in [0.25, 0.3) is 0 Å². The number of aromatic nitrogens is 2. The molecule has 20 heavy (non-hydrogen) atoms. The highest BCUT2D eigenvalue weighted by Gasteiger charge is 2.36. The van der Waals surface area contributed by atoms with Crippen molar-refractivity contribution in [3.8, 4) is 0 Å². The summed E-state index contributed by atoms with van der Waals surface area (Å²) in [6.07, 6.45) is 4.69. The highest BCUT2D eigenvalue weighted by molar-refractivity contribution is 14.1. The van der Waals surface area contributed by atoms with Crippen LogP contribution in [0, 0.1) is 7.40 Å². The van der Waals surface area contributed by atoms with Gasteiger partial charge < -0.3 is 4.55 Å². The van der Waals surface area contributed by atoms with Crippen molar-refractivity contribution in [2.24, 2.45) is 7.05 Å². The average molecular weight is 540 g/mol. The Hall–Kier alpha value is 0.370. The zero-order chi connectivity index (χ0) is 16.1. The molecule has 11 heteroatoms. The summed E-state index contributed by atoms with van der Waals surface area (Å²) in [6, 6.07) is 0. The molecular weight excluding hydrogens is 527 g/mol. The molecule has 0 aliphatic rings. The van der Waals surface area contributed by atoms with Gasteiger partial charge in [0.15, 0.2) is 10.1 Å². The molecule has 0 amide bonds. The minimum Gasteiger partial charge on any atom is -0.741 e. The van der Waals surface area contributed by atoms with Crippen LogP contribution in [0.5, 0.6) is 0 Å². The fraction of sp³-hybridized carbons (Fsp3) is 0.667. The first-order valence-electron chi connectivity index (χ1n) is 5.33. The maximum atomic E-state index is 10.7. The van der Waals surface area contributed by atoms with Gasteiger partial charge in [-0.15, -0.1) is 0 Å². The van der Waals surface area contributed by atoms with Crippen molar-refractivity contribution in [1.29, 1.82) is 0 Å². The van der Waals surface area contributed by atoms with Gasteiger partial charge in [-0.05, 0) is 6.42 Å². The van der Waals surface area contributed by atoms with Crippen LogP contribution in [-0.4, -0.2) is 23.0 Å². The monoisotopic (exact) mass is 540 g/mol. The molecule has 0 saturated heterocycles. The molecule has 1 aromatic rings. The Morgan fingerprint density at radius 2 is 1.85 bits per heavy atom. The SMILES string of the molecule is CCCCn1c[n+](C)c(I)c1I.O=S(=O)([O-])C(F)(F)F. The van der Waals surface area contributed by atoms with E-state index in [0.29, 0.717) is 0 Å². The lowest BCUT2D eigenvalue weighted by atomic mass is 10.3. The van der Waals surface area contributed by atoms with Crippen molar-refractivity contribution >= 4 is 55.3 Å². The molecule has 1 rings (SSSR count). The smallest absolute Gasteiger partial charge is 0.485 e. The van der Waals surface area contributed by atoms with Crippen LogP contribution >= 0.6 is 45.2 Å². The summed E-state index contributed by atoms with van der Waals surface area (Å²) in [5, 5.41) is 0. The third-order valence-electron chi connectivity index (χ3n) is 2.08. The molecule has 0 saturated carbocycles. The van der Waals surface area contributed by atoms with E-state index in [1.165, 1.54) is 20.2 Å². The molecule has 1 heterocycles.